The highest BCUT2D eigenvalue weighted by molar-refractivity contribution is 14.0. The summed E-state index contributed by atoms with van der Waals surface area (Å²) in [6, 6.07) is 9.85. The molecule has 158 valence electrons. The predicted molar refractivity (Wildman–Crippen MR) is 129 cm³/mol. The average molecular weight is 511 g/mol. The molecular weight excluding hydrogens is 481 g/mol. The molecule has 8 heteroatoms. The first-order valence-corrected chi connectivity index (χ1v) is 9.70. The fourth-order valence-corrected chi connectivity index (χ4v) is 3.21. The van der Waals surface area contributed by atoms with Crippen molar-refractivity contribution in [1.29, 1.82) is 0 Å². The van der Waals surface area contributed by atoms with Crippen LogP contribution in [0.1, 0.15) is 25.3 Å². The molecule has 1 aromatic carbocycles. The molecule has 1 aromatic heterocycles. The number of anilines is 2. The summed E-state index contributed by atoms with van der Waals surface area (Å²) in [5, 5.41) is 6.60. The summed E-state index contributed by atoms with van der Waals surface area (Å²) in [7, 11) is 3.25. The molecule has 1 aliphatic heterocycles. The van der Waals surface area contributed by atoms with Crippen LogP contribution >= 0.6 is 24.0 Å². The van der Waals surface area contributed by atoms with Crippen LogP contribution in [0.3, 0.4) is 0 Å². The molecule has 0 unspecified atom stereocenters. The quantitative estimate of drug-likeness (QED) is 0.334. The van der Waals surface area contributed by atoms with Crippen molar-refractivity contribution in [2.75, 3.05) is 44.1 Å². The molecule has 2 heterocycles. The average Bonchev–Trinajstić information content (AvgIpc) is 3.27. The van der Waals surface area contributed by atoms with Crippen molar-refractivity contribution < 1.29 is 9.47 Å². The zero-order chi connectivity index (χ0) is 19.8. The van der Waals surface area contributed by atoms with Crippen LogP contribution < -0.4 is 25.0 Å². The molecule has 1 fully saturated rings. The van der Waals surface area contributed by atoms with Crippen molar-refractivity contribution in [2.45, 2.75) is 26.3 Å². The molecule has 0 aliphatic carbocycles. The van der Waals surface area contributed by atoms with Gasteiger partial charge < -0.3 is 25.0 Å². The molecule has 29 heavy (non-hydrogen) atoms. The molecule has 1 saturated heterocycles. The van der Waals surface area contributed by atoms with Crippen LogP contribution in [0.25, 0.3) is 0 Å². The van der Waals surface area contributed by atoms with Gasteiger partial charge in [0.25, 0.3) is 0 Å². The highest BCUT2D eigenvalue weighted by Crippen LogP contribution is 2.29. The molecule has 0 spiro atoms. The maximum absolute atomic E-state index is 5.37. The number of methoxy groups -OCH3 is 2. The van der Waals surface area contributed by atoms with E-state index in [1.165, 1.54) is 12.8 Å². The summed E-state index contributed by atoms with van der Waals surface area (Å²) >= 11 is 0. The van der Waals surface area contributed by atoms with Crippen molar-refractivity contribution in [3.8, 4) is 11.5 Å². The van der Waals surface area contributed by atoms with Crippen LogP contribution in [0.5, 0.6) is 11.5 Å². The zero-order valence-electron chi connectivity index (χ0n) is 17.3. The predicted octanol–water partition coefficient (Wildman–Crippen LogP) is 3.89. The van der Waals surface area contributed by atoms with Gasteiger partial charge in [-0.15, -0.1) is 24.0 Å². The van der Waals surface area contributed by atoms with Gasteiger partial charge in [-0.1, -0.05) is 0 Å². The van der Waals surface area contributed by atoms with Gasteiger partial charge in [-0.2, -0.15) is 0 Å². The van der Waals surface area contributed by atoms with E-state index < -0.39 is 0 Å². The number of ether oxygens (including phenoxy) is 2. The minimum atomic E-state index is 0. The second-order valence-corrected chi connectivity index (χ2v) is 6.61. The lowest BCUT2D eigenvalue weighted by molar-refractivity contribution is 0.355. The second kappa shape index (κ2) is 11.7. The molecule has 1 aliphatic rings. The third-order valence-corrected chi connectivity index (χ3v) is 4.65. The van der Waals surface area contributed by atoms with Gasteiger partial charge in [0, 0.05) is 37.6 Å². The van der Waals surface area contributed by atoms with Crippen molar-refractivity contribution >= 4 is 41.4 Å². The number of guanidine groups is 1. The van der Waals surface area contributed by atoms with E-state index in [-0.39, 0.29) is 24.0 Å². The summed E-state index contributed by atoms with van der Waals surface area (Å²) < 4.78 is 10.7. The van der Waals surface area contributed by atoms with Crippen LogP contribution in [0.15, 0.2) is 41.5 Å². The van der Waals surface area contributed by atoms with E-state index in [0.29, 0.717) is 24.0 Å². The van der Waals surface area contributed by atoms with E-state index in [1.54, 1.807) is 14.2 Å². The molecular formula is C21H30IN5O2. The van der Waals surface area contributed by atoms with Gasteiger partial charge in [-0.05, 0) is 49.6 Å². The number of hydrogen-bond acceptors (Lipinski definition) is 5. The minimum Gasteiger partial charge on any atom is -0.493 e. The summed E-state index contributed by atoms with van der Waals surface area (Å²) in [4.78, 5) is 11.6. The van der Waals surface area contributed by atoms with Crippen LogP contribution in [0.4, 0.5) is 11.5 Å². The lowest BCUT2D eigenvalue weighted by Gasteiger charge is -2.17. The largest absolute Gasteiger partial charge is 0.493 e. The van der Waals surface area contributed by atoms with Crippen LogP contribution in [-0.4, -0.2) is 44.8 Å². The highest BCUT2D eigenvalue weighted by Gasteiger charge is 2.13. The van der Waals surface area contributed by atoms with Crippen LogP contribution in [0.2, 0.25) is 0 Å². The topological polar surface area (TPSA) is 71.0 Å². The highest BCUT2D eigenvalue weighted by atomic mass is 127. The van der Waals surface area contributed by atoms with E-state index in [0.717, 1.165) is 36.7 Å². The van der Waals surface area contributed by atoms with E-state index in [2.05, 4.69) is 26.6 Å². The number of benzene rings is 1. The molecule has 0 atom stereocenters. The number of aromatic nitrogens is 1. The Hall–Kier alpha value is -2.23. The molecule has 7 nitrogen and oxygen atoms in total. The van der Waals surface area contributed by atoms with Crippen molar-refractivity contribution in [3.05, 3.63) is 42.1 Å². The number of pyridine rings is 1. The number of hydrogen-bond donors (Lipinski definition) is 2. The Labute approximate surface area is 189 Å². The number of aliphatic imine (C=N–C) groups is 1. The van der Waals surface area contributed by atoms with Crippen molar-refractivity contribution in [2.24, 2.45) is 4.99 Å². The maximum Gasteiger partial charge on any atom is 0.196 e. The Bertz CT molecular complexity index is 809. The van der Waals surface area contributed by atoms with Gasteiger partial charge in [0.05, 0.1) is 20.8 Å². The fraction of sp³-hybridized carbons (Fsp3) is 0.429. The molecule has 0 saturated carbocycles. The molecule has 0 amide bonds. The van der Waals surface area contributed by atoms with Crippen LogP contribution in [0, 0.1) is 0 Å². The van der Waals surface area contributed by atoms with E-state index >= 15 is 0 Å². The molecule has 0 bridgehead atoms. The molecule has 2 N–H and O–H groups in total. The Morgan fingerprint density at radius 1 is 1.10 bits per heavy atom. The third-order valence-electron chi connectivity index (χ3n) is 4.65. The van der Waals surface area contributed by atoms with Crippen molar-refractivity contribution in [1.82, 2.24) is 10.3 Å². The zero-order valence-corrected chi connectivity index (χ0v) is 19.6. The summed E-state index contributed by atoms with van der Waals surface area (Å²) in [6.07, 6.45) is 4.35. The normalized spacial score (nSPS) is 13.6. The van der Waals surface area contributed by atoms with Gasteiger partial charge in [0.15, 0.2) is 17.5 Å². The molecule has 2 aromatic rings. The maximum atomic E-state index is 5.37. The number of nitrogens with zero attached hydrogens (tertiary/aromatic N) is 3. The Kier molecular flexibility index (Phi) is 9.30. The number of halogens is 1. The molecule has 3 rings (SSSR count). The van der Waals surface area contributed by atoms with Gasteiger partial charge in [-0.3, -0.25) is 0 Å². The first kappa shape index (κ1) is 23.1. The molecule has 0 radical (unpaired) electrons. The Balaban J connectivity index is 0.00000300. The van der Waals surface area contributed by atoms with Gasteiger partial charge in [0.1, 0.15) is 5.82 Å². The number of nitrogens with one attached hydrogen (secondary N) is 2. The second-order valence-electron chi connectivity index (χ2n) is 6.61. The van der Waals surface area contributed by atoms with Gasteiger partial charge >= 0.3 is 0 Å². The lowest BCUT2D eigenvalue weighted by atomic mass is 10.2. The standard InChI is InChI=1S/C21H29N5O2.HI/c1-4-22-21(25-17-7-8-18(27-2)19(14-17)28-3)24-15-16-9-10-23-20(13-16)26-11-5-6-12-26;/h7-10,13-14H,4-6,11-12,15H2,1-3H3,(H2,22,24,25);1H. The first-order chi connectivity index (χ1) is 13.7. The van der Waals surface area contributed by atoms with E-state index in [9.17, 15) is 0 Å². The monoisotopic (exact) mass is 511 g/mol. The lowest BCUT2D eigenvalue weighted by Crippen LogP contribution is -2.30. The number of rotatable bonds is 7. The summed E-state index contributed by atoms with van der Waals surface area (Å²) in [6.45, 7) is 5.57. The smallest absolute Gasteiger partial charge is 0.196 e. The van der Waals surface area contributed by atoms with Gasteiger partial charge in [0.2, 0.25) is 0 Å². The van der Waals surface area contributed by atoms with Crippen LogP contribution in [-0.2, 0) is 6.54 Å². The Morgan fingerprint density at radius 2 is 1.86 bits per heavy atom. The summed E-state index contributed by atoms with van der Waals surface area (Å²) in [5.74, 6) is 3.13. The van der Waals surface area contributed by atoms with Crippen molar-refractivity contribution in [3.63, 3.8) is 0 Å². The van der Waals surface area contributed by atoms with E-state index in [4.69, 9.17) is 14.5 Å². The van der Waals surface area contributed by atoms with Gasteiger partial charge in [-0.25, -0.2) is 9.98 Å². The van der Waals surface area contributed by atoms with E-state index in [1.807, 2.05) is 37.4 Å². The fourth-order valence-electron chi connectivity index (χ4n) is 3.21. The minimum absolute atomic E-state index is 0. The summed E-state index contributed by atoms with van der Waals surface area (Å²) in [5.41, 5.74) is 2.02. The SMILES string of the molecule is CCNC(=NCc1ccnc(N2CCCC2)c1)Nc1ccc(OC)c(OC)c1.I. The first-order valence-electron chi connectivity index (χ1n) is 9.70. The Morgan fingerprint density at radius 3 is 2.55 bits per heavy atom. The third kappa shape index (κ3) is 6.38.